The van der Waals surface area contributed by atoms with E-state index in [9.17, 15) is 14.7 Å². The Balaban J connectivity index is 1.59. The number of hydrogen-bond donors (Lipinski definition) is 1. The molecule has 174 valence electrons. The zero-order valence-electron chi connectivity index (χ0n) is 20.1. The molecule has 0 atom stereocenters. The van der Waals surface area contributed by atoms with Crippen LogP contribution in [0.2, 0.25) is 0 Å². The summed E-state index contributed by atoms with van der Waals surface area (Å²) in [5.74, 6) is 0.0989. The second-order valence-corrected chi connectivity index (χ2v) is 9.11. The Hall–Kier alpha value is -4.18. The Kier molecular flexibility index (Phi) is 5.73. The van der Waals surface area contributed by atoms with Gasteiger partial charge in [0.05, 0.1) is 0 Å². The molecule has 0 fully saturated rings. The van der Waals surface area contributed by atoms with Gasteiger partial charge in [0.15, 0.2) is 11.6 Å². The Morgan fingerprint density at radius 3 is 2.00 bits per heavy atom. The molecule has 0 saturated heterocycles. The smallest absolute Gasteiger partial charge is 0.193 e. The number of aromatic nitrogens is 1. The van der Waals surface area contributed by atoms with Crippen molar-refractivity contribution in [1.82, 2.24) is 4.57 Å². The van der Waals surface area contributed by atoms with Crippen molar-refractivity contribution in [2.45, 2.75) is 33.7 Å². The summed E-state index contributed by atoms with van der Waals surface area (Å²) in [6, 6.07) is 24.1. The average Bonchev–Trinajstić information content (AvgIpc) is 3.18. The number of rotatable bonds is 6. The van der Waals surface area contributed by atoms with Crippen LogP contribution in [-0.2, 0) is 13.0 Å². The maximum absolute atomic E-state index is 13.2. The minimum absolute atomic E-state index is 0.0781. The molecule has 0 bridgehead atoms. The number of carbonyl (C=O) groups is 2. The third-order valence-corrected chi connectivity index (χ3v) is 6.75. The normalized spacial score (nSPS) is 11.3. The van der Waals surface area contributed by atoms with Crippen LogP contribution < -0.4 is 0 Å². The van der Waals surface area contributed by atoms with Crippen molar-refractivity contribution in [3.8, 4) is 5.75 Å². The van der Waals surface area contributed by atoms with Crippen LogP contribution in [0.25, 0.3) is 21.8 Å². The number of benzene rings is 4. The van der Waals surface area contributed by atoms with Gasteiger partial charge in [-0.3, -0.25) is 9.59 Å². The van der Waals surface area contributed by atoms with E-state index in [1.807, 2.05) is 50.2 Å². The number of carbonyl (C=O) groups excluding carboxylic acids is 2. The van der Waals surface area contributed by atoms with Crippen LogP contribution in [0.3, 0.4) is 0 Å². The molecule has 0 amide bonds. The van der Waals surface area contributed by atoms with Crippen molar-refractivity contribution in [2.24, 2.45) is 0 Å². The van der Waals surface area contributed by atoms with Gasteiger partial charge in [0, 0.05) is 51.5 Å². The summed E-state index contributed by atoms with van der Waals surface area (Å²) < 4.78 is 2.21. The van der Waals surface area contributed by atoms with E-state index in [0.717, 1.165) is 45.0 Å². The summed E-state index contributed by atoms with van der Waals surface area (Å²) in [4.78, 5) is 26.3. The zero-order valence-corrected chi connectivity index (χ0v) is 20.1. The predicted octanol–water partition coefficient (Wildman–Crippen LogP) is 6.79. The third-order valence-electron chi connectivity index (χ3n) is 6.75. The molecule has 4 aromatic carbocycles. The highest BCUT2D eigenvalue weighted by molar-refractivity contribution is 6.15. The van der Waals surface area contributed by atoms with E-state index in [1.165, 1.54) is 12.1 Å². The lowest BCUT2D eigenvalue weighted by molar-refractivity contribution is 0.0991. The highest BCUT2D eigenvalue weighted by Gasteiger charge is 2.17. The molecule has 0 radical (unpaired) electrons. The van der Waals surface area contributed by atoms with Gasteiger partial charge in [-0.2, -0.15) is 0 Å². The maximum atomic E-state index is 13.2. The van der Waals surface area contributed by atoms with Gasteiger partial charge >= 0.3 is 0 Å². The van der Waals surface area contributed by atoms with Gasteiger partial charge in [0.1, 0.15) is 5.75 Å². The Morgan fingerprint density at radius 1 is 0.743 bits per heavy atom. The van der Waals surface area contributed by atoms with Crippen molar-refractivity contribution >= 4 is 33.4 Å². The second kappa shape index (κ2) is 8.88. The molecule has 4 nitrogen and oxygen atoms in total. The number of aromatic hydroxyl groups is 1. The first-order valence-electron chi connectivity index (χ1n) is 11.8. The number of Topliss-reactive ketones (excluding diaryl/α,β-unsaturated/α-hetero) is 1. The maximum Gasteiger partial charge on any atom is 0.193 e. The third kappa shape index (κ3) is 4.12. The monoisotopic (exact) mass is 461 g/mol. The number of nitrogens with zero attached hydrogens (tertiary/aromatic N) is 1. The molecule has 0 spiro atoms. The van der Waals surface area contributed by atoms with Gasteiger partial charge < -0.3 is 9.67 Å². The molecule has 5 aromatic rings. The largest absolute Gasteiger partial charge is 0.508 e. The van der Waals surface area contributed by atoms with E-state index in [1.54, 1.807) is 12.1 Å². The van der Waals surface area contributed by atoms with E-state index in [-0.39, 0.29) is 17.3 Å². The summed E-state index contributed by atoms with van der Waals surface area (Å²) in [5, 5.41) is 11.5. The van der Waals surface area contributed by atoms with E-state index in [4.69, 9.17) is 0 Å². The van der Waals surface area contributed by atoms with Gasteiger partial charge in [0.2, 0.25) is 0 Å². The molecule has 0 saturated carbocycles. The van der Waals surface area contributed by atoms with E-state index >= 15 is 0 Å². The molecule has 35 heavy (non-hydrogen) atoms. The second-order valence-electron chi connectivity index (χ2n) is 9.11. The van der Waals surface area contributed by atoms with Crippen LogP contribution >= 0.6 is 0 Å². The van der Waals surface area contributed by atoms with Gasteiger partial charge in [0.25, 0.3) is 0 Å². The molecule has 1 N–H and O–H groups in total. The van der Waals surface area contributed by atoms with Crippen LogP contribution in [0.5, 0.6) is 5.75 Å². The van der Waals surface area contributed by atoms with Crippen molar-refractivity contribution in [3.63, 3.8) is 0 Å². The van der Waals surface area contributed by atoms with Crippen molar-refractivity contribution < 1.29 is 14.7 Å². The first-order valence-corrected chi connectivity index (χ1v) is 11.8. The van der Waals surface area contributed by atoms with Crippen LogP contribution in [0.4, 0.5) is 0 Å². The quantitative estimate of drug-likeness (QED) is 0.283. The lowest BCUT2D eigenvalue weighted by atomic mass is 9.96. The summed E-state index contributed by atoms with van der Waals surface area (Å²) in [7, 11) is 0. The Labute approximate surface area is 204 Å². The van der Waals surface area contributed by atoms with Crippen molar-refractivity contribution in [2.75, 3.05) is 0 Å². The molecule has 5 rings (SSSR count). The van der Waals surface area contributed by atoms with Gasteiger partial charge in [-0.25, -0.2) is 0 Å². The first-order chi connectivity index (χ1) is 16.9. The standard InChI is InChI=1S/C31H27NO3/c1-4-32-28-13-9-22(30(34)18-24-15-19(2)5-6-20(24)3)16-26(28)27-17-23(10-14-29(27)32)31(35)21-7-11-25(33)12-8-21/h5-17,33H,4,18H2,1-3H3. The number of ketones is 2. The molecular formula is C31H27NO3. The average molecular weight is 462 g/mol. The first kappa shape index (κ1) is 22.6. The van der Waals surface area contributed by atoms with E-state index in [0.29, 0.717) is 23.1 Å². The minimum atomic E-state index is -0.105. The topological polar surface area (TPSA) is 59.3 Å². The summed E-state index contributed by atoms with van der Waals surface area (Å²) in [6.07, 6.45) is 0.357. The van der Waals surface area contributed by atoms with Crippen molar-refractivity contribution in [3.05, 3.63) is 112 Å². The molecule has 0 aliphatic carbocycles. The SMILES string of the molecule is CCn1c2ccc(C(=O)Cc3cc(C)ccc3C)cc2c2cc(C(=O)c3ccc(O)cc3)ccc21. The summed E-state index contributed by atoms with van der Waals surface area (Å²) in [5.41, 5.74) is 7.15. The lowest BCUT2D eigenvalue weighted by Crippen LogP contribution is -2.05. The van der Waals surface area contributed by atoms with E-state index < -0.39 is 0 Å². The molecule has 1 aromatic heterocycles. The molecule has 4 heteroatoms. The van der Waals surface area contributed by atoms with Crippen LogP contribution in [0.15, 0.2) is 78.9 Å². The van der Waals surface area contributed by atoms with E-state index in [2.05, 4.69) is 29.7 Å². The van der Waals surface area contributed by atoms with Crippen LogP contribution in [-0.4, -0.2) is 21.2 Å². The predicted molar refractivity (Wildman–Crippen MR) is 141 cm³/mol. The molecular weight excluding hydrogens is 434 g/mol. The molecule has 1 heterocycles. The fourth-order valence-corrected chi connectivity index (χ4v) is 4.80. The molecule has 0 unspecified atom stereocenters. The number of phenolic OH excluding ortho intramolecular Hbond substituents is 1. The van der Waals surface area contributed by atoms with Crippen LogP contribution in [0.1, 0.15) is 49.9 Å². The molecule has 0 aliphatic rings. The highest BCUT2D eigenvalue weighted by Crippen LogP contribution is 2.32. The van der Waals surface area contributed by atoms with Crippen LogP contribution in [0, 0.1) is 13.8 Å². The Morgan fingerprint density at radius 2 is 1.34 bits per heavy atom. The van der Waals surface area contributed by atoms with Crippen molar-refractivity contribution in [1.29, 1.82) is 0 Å². The zero-order chi connectivity index (χ0) is 24.7. The van der Waals surface area contributed by atoms with Gasteiger partial charge in [-0.1, -0.05) is 23.8 Å². The van der Waals surface area contributed by atoms with Gasteiger partial charge in [-0.05, 0) is 92.6 Å². The minimum Gasteiger partial charge on any atom is -0.508 e. The fourth-order valence-electron chi connectivity index (χ4n) is 4.80. The number of hydrogen-bond acceptors (Lipinski definition) is 3. The van der Waals surface area contributed by atoms with Gasteiger partial charge in [-0.15, -0.1) is 0 Å². The summed E-state index contributed by atoms with van der Waals surface area (Å²) in [6.45, 7) is 6.94. The molecule has 0 aliphatic heterocycles. The fraction of sp³-hybridized carbons (Fsp3) is 0.161. The summed E-state index contributed by atoms with van der Waals surface area (Å²) >= 11 is 0. The Bertz CT molecular complexity index is 1610. The number of fused-ring (bicyclic) bond motifs is 3. The lowest BCUT2D eigenvalue weighted by Gasteiger charge is -2.07. The number of phenols is 1. The number of aryl methyl sites for hydroxylation is 3. The highest BCUT2D eigenvalue weighted by atomic mass is 16.3.